The van der Waals surface area contributed by atoms with Gasteiger partial charge < -0.3 is 10.2 Å². The Morgan fingerprint density at radius 1 is 0.600 bits per heavy atom. The van der Waals surface area contributed by atoms with E-state index in [1.54, 1.807) is 42.7 Å². The number of nitrogens with zero attached hydrogens (tertiary/aromatic N) is 3. The molecule has 0 radical (unpaired) electrons. The molecule has 0 aliphatic heterocycles. The number of hydrogen-bond acceptors (Lipinski definition) is 5. The van der Waals surface area contributed by atoms with Crippen LogP contribution in [0.3, 0.4) is 0 Å². The van der Waals surface area contributed by atoms with Crippen molar-refractivity contribution in [3.63, 3.8) is 0 Å². The highest BCUT2D eigenvalue weighted by Gasteiger charge is 2.18. The molecule has 2 N–H and O–H groups in total. The van der Waals surface area contributed by atoms with Crippen molar-refractivity contribution >= 4 is 11.9 Å². The summed E-state index contributed by atoms with van der Waals surface area (Å²) in [5, 5.41) is 18.7. The number of carboxylic acids is 2. The summed E-state index contributed by atoms with van der Waals surface area (Å²) in [6.07, 6.45) is 3.32. The maximum Gasteiger partial charge on any atom is 0.336 e. The summed E-state index contributed by atoms with van der Waals surface area (Å²) in [7, 11) is 0. The topological polar surface area (TPSA) is 113 Å². The van der Waals surface area contributed by atoms with Gasteiger partial charge in [-0.1, -0.05) is 18.2 Å². The van der Waals surface area contributed by atoms with Gasteiger partial charge in [0.2, 0.25) is 0 Å². The summed E-state index contributed by atoms with van der Waals surface area (Å²) in [6, 6.07) is 18.8. The van der Waals surface area contributed by atoms with Crippen LogP contribution in [0.5, 0.6) is 0 Å². The number of benzene rings is 1. The smallest absolute Gasteiger partial charge is 0.336 e. The molecule has 0 spiro atoms. The average molecular weight is 397 g/mol. The van der Waals surface area contributed by atoms with Crippen LogP contribution >= 0.6 is 0 Å². The third-order valence-electron chi connectivity index (χ3n) is 4.49. The maximum atomic E-state index is 11.6. The van der Waals surface area contributed by atoms with Crippen LogP contribution in [-0.4, -0.2) is 37.1 Å². The van der Waals surface area contributed by atoms with E-state index in [9.17, 15) is 19.8 Å². The SMILES string of the molecule is O=C(O)c1ccc(-c2cc(-c3ccccn3)nc(-c3ccccn3)c2)cc1C(=O)O. The van der Waals surface area contributed by atoms with Crippen LogP contribution in [0, 0.1) is 0 Å². The van der Waals surface area contributed by atoms with Gasteiger partial charge in [-0.05, 0) is 59.7 Å². The fourth-order valence-corrected chi connectivity index (χ4v) is 3.08. The van der Waals surface area contributed by atoms with Crippen LogP contribution in [0.15, 0.2) is 79.1 Å². The predicted octanol–water partition coefficient (Wildman–Crippen LogP) is 4.27. The van der Waals surface area contributed by atoms with Gasteiger partial charge in [-0.3, -0.25) is 9.97 Å². The number of pyridine rings is 3. The van der Waals surface area contributed by atoms with Crippen LogP contribution in [0.4, 0.5) is 0 Å². The third-order valence-corrected chi connectivity index (χ3v) is 4.49. The van der Waals surface area contributed by atoms with E-state index in [4.69, 9.17) is 0 Å². The van der Waals surface area contributed by atoms with Crippen molar-refractivity contribution in [3.8, 4) is 33.9 Å². The minimum atomic E-state index is -1.31. The molecule has 0 saturated heterocycles. The predicted molar refractivity (Wildman–Crippen MR) is 110 cm³/mol. The minimum absolute atomic E-state index is 0.268. The summed E-state index contributed by atoms with van der Waals surface area (Å²) < 4.78 is 0. The van der Waals surface area contributed by atoms with Crippen molar-refractivity contribution in [1.29, 1.82) is 0 Å². The fourth-order valence-electron chi connectivity index (χ4n) is 3.08. The molecule has 0 saturated carbocycles. The molecule has 0 atom stereocenters. The zero-order valence-corrected chi connectivity index (χ0v) is 15.6. The minimum Gasteiger partial charge on any atom is -0.478 e. The van der Waals surface area contributed by atoms with Crippen molar-refractivity contribution in [2.45, 2.75) is 0 Å². The Balaban J connectivity index is 1.93. The van der Waals surface area contributed by atoms with Gasteiger partial charge in [-0.2, -0.15) is 0 Å². The summed E-state index contributed by atoms with van der Waals surface area (Å²) in [5.41, 5.74) is 3.15. The van der Waals surface area contributed by atoms with Gasteiger partial charge in [-0.15, -0.1) is 0 Å². The number of aromatic nitrogens is 3. The van der Waals surface area contributed by atoms with E-state index >= 15 is 0 Å². The number of hydrogen-bond donors (Lipinski definition) is 2. The Bertz CT molecular complexity index is 1180. The summed E-state index contributed by atoms with van der Waals surface area (Å²) in [6.45, 7) is 0. The molecular formula is C23H15N3O4. The molecule has 3 aromatic heterocycles. The molecule has 0 bridgehead atoms. The highest BCUT2D eigenvalue weighted by atomic mass is 16.4. The quantitative estimate of drug-likeness (QED) is 0.517. The van der Waals surface area contributed by atoms with Crippen LogP contribution < -0.4 is 0 Å². The van der Waals surface area contributed by atoms with Gasteiger partial charge >= 0.3 is 11.9 Å². The largest absolute Gasteiger partial charge is 0.478 e. The van der Waals surface area contributed by atoms with Crippen LogP contribution in [0.1, 0.15) is 20.7 Å². The zero-order chi connectivity index (χ0) is 21.1. The Morgan fingerprint density at radius 3 is 1.63 bits per heavy atom. The maximum absolute atomic E-state index is 11.6. The molecule has 1 aromatic carbocycles. The lowest BCUT2D eigenvalue weighted by Gasteiger charge is -2.11. The van der Waals surface area contributed by atoms with Crippen molar-refractivity contribution in [2.75, 3.05) is 0 Å². The Hall–Kier alpha value is -4.39. The van der Waals surface area contributed by atoms with Gasteiger partial charge in [0.05, 0.1) is 33.9 Å². The molecule has 0 aliphatic carbocycles. The highest BCUT2D eigenvalue weighted by Crippen LogP contribution is 2.30. The van der Waals surface area contributed by atoms with Gasteiger partial charge in [0.15, 0.2) is 0 Å². The second kappa shape index (κ2) is 7.92. The van der Waals surface area contributed by atoms with Crippen molar-refractivity contribution in [3.05, 3.63) is 90.3 Å². The van der Waals surface area contributed by atoms with Crippen LogP contribution in [0.25, 0.3) is 33.9 Å². The van der Waals surface area contributed by atoms with E-state index in [1.165, 1.54) is 12.1 Å². The standard InChI is InChI=1S/C23H15N3O4/c27-22(28)16-8-7-14(11-17(16)23(29)30)15-12-20(18-5-1-3-9-24-18)26-21(13-15)19-6-2-4-10-25-19/h1-13H,(H,27,28)(H,29,30). The first-order chi connectivity index (χ1) is 14.5. The van der Waals surface area contributed by atoms with Gasteiger partial charge in [-0.25, -0.2) is 14.6 Å². The molecule has 4 rings (SSSR count). The van der Waals surface area contributed by atoms with Crippen molar-refractivity contribution in [1.82, 2.24) is 15.0 Å². The lowest BCUT2D eigenvalue weighted by Crippen LogP contribution is -2.08. The van der Waals surface area contributed by atoms with Gasteiger partial charge in [0.25, 0.3) is 0 Å². The second-order valence-electron chi connectivity index (χ2n) is 6.43. The van der Waals surface area contributed by atoms with E-state index in [0.29, 0.717) is 33.9 Å². The summed E-state index contributed by atoms with van der Waals surface area (Å²) in [4.78, 5) is 36.3. The number of aromatic carboxylic acids is 2. The van der Waals surface area contributed by atoms with E-state index in [-0.39, 0.29) is 11.1 Å². The zero-order valence-electron chi connectivity index (χ0n) is 15.6. The lowest BCUT2D eigenvalue weighted by molar-refractivity contribution is 0.0651. The molecule has 0 aliphatic rings. The molecule has 0 unspecified atom stereocenters. The molecule has 146 valence electrons. The number of carboxylic acid groups (broad SMARTS) is 2. The van der Waals surface area contributed by atoms with Crippen molar-refractivity contribution in [2.24, 2.45) is 0 Å². The average Bonchev–Trinajstić information content (AvgIpc) is 2.79. The second-order valence-corrected chi connectivity index (χ2v) is 6.43. The Kier molecular flexibility index (Phi) is 5.00. The number of carbonyl (C=O) groups is 2. The molecule has 0 fully saturated rings. The van der Waals surface area contributed by atoms with E-state index in [0.717, 1.165) is 0 Å². The van der Waals surface area contributed by atoms with Gasteiger partial charge in [0, 0.05) is 12.4 Å². The van der Waals surface area contributed by atoms with E-state index < -0.39 is 11.9 Å². The van der Waals surface area contributed by atoms with Crippen LogP contribution in [0.2, 0.25) is 0 Å². The van der Waals surface area contributed by atoms with E-state index in [1.807, 2.05) is 24.3 Å². The highest BCUT2D eigenvalue weighted by molar-refractivity contribution is 6.02. The first kappa shape index (κ1) is 18.9. The molecule has 30 heavy (non-hydrogen) atoms. The normalized spacial score (nSPS) is 10.5. The van der Waals surface area contributed by atoms with E-state index in [2.05, 4.69) is 15.0 Å². The third kappa shape index (κ3) is 3.77. The lowest BCUT2D eigenvalue weighted by atomic mass is 9.97. The monoisotopic (exact) mass is 397 g/mol. The fraction of sp³-hybridized carbons (Fsp3) is 0. The van der Waals surface area contributed by atoms with Crippen LogP contribution in [-0.2, 0) is 0 Å². The van der Waals surface area contributed by atoms with Crippen molar-refractivity contribution < 1.29 is 19.8 Å². The first-order valence-electron chi connectivity index (χ1n) is 8.99. The van der Waals surface area contributed by atoms with Gasteiger partial charge in [0.1, 0.15) is 0 Å². The summed E-state index contributed by atoms with van der Waals surface area (Å²) >= 11 is 0. The molecule has 3 heterocycles. The first-order valence-corrected chi connectivity index (χ1v) is 8.99. The molecule has 4 aromatic rings. The Morgan fingerprint density at radius 2 is 1.17 bits per heavy atom. The Labute approximate surface area is 171 Å². The molecular weight excluding hydrogens is 382 g/mol. The number of rotatable bonds is 5. The molecule has 0 amide bonds. The summed E-state index contributed by atoms with van der Waals surface area (Å²) in [5.74, 6) is -2.60. The molecule has 7 heteroatoms. The molecule has 7 nitrogen and oxygen atoms in total.